The Bertz CT molecular complexity index is 639. The number of hydrogen-bond acceptors (Lipinski definition) is 2. The first-order valence-corrected chi connectivity index (χ1v) is 24.7. The minimum atomic E-state index is -2.36. The van der Waals surface area contributed by atoms with E-state index in [1.165, 1.54) is 100 Å². The fourth-order valence-corrected chi connectivity index (χ4v) is 22.9. The summed E-state index contributed by atoms with van der Waals surface area (Å²) in [5.41, 5.74) is 0.793. The van der Waals surface area contributed by atoms with Crippen molar-refractivity contribution < 1.29 is 9.53 Å². The van der Waals surface area contributed by atoms with Crippen LogP contribution in [0.15, 0.2) is 42.5 Å². The molecule has 2 nitrogen and oxygen atoms in total. The minimum absolute atomic E-state index is 0.101. The van der Waals surface area contributed by atoms with E-state index >= 15 is 0 Å². The molecule has 0 N–H and O–H groups in total. The number of carbonyl (C=O) groups excluding carboxylic acids is 1. The number of esters is 1. The van der Waals surface area contributed by atoms with Crippen LogP contribution in [-0.4, -0.2) is 45.9 Å². The third kappa shape index (κ3) is 16.3. The van der Waals surface area contributed by atoms with E-state index in [4.69, 9.17) is 4.74 Å². The summed E-state index contributed by atoms with van der Waals surface area (Å²) in [7, 11) is 0. The molecule has 1 aromatic carbocycles. The zero-order chi connectivity index (χ0) is 25.6. The molecule has 1 aromatic rings. The molecule has 1 rings (SSSR count). The summed E-state index contributed by atoms with van der Waals surface area (Å²) in [5.74, 6) is -0.101. The second-order valence-corrected chi connectivity index (χ2v) is 26.7. The average molecular weight is 656 g/mol. The fraction of sp³-hybridized carbons (Fsp3) is 0.710. The van der Waals surface area contributed by atoms with Crippen molar-refractivity contribution in [2.24, 2.45) is 0 Å². The van der Waals surface area contributed by atoms with Crippen LogP contribution in [0.3, 0.4) is 0 Å². The second-order valence-electron chi connectivity index (χ2n) is 10.4. The molecule has 0 fully saturated rings. The summed E-state index contributed by atoms with van der Waals surface area (Å²) in [6, 6.07) is 10.9. The molecule has 0 spiro atoms. The number of benzene rings is 1. The van der Waals surface area contributed by atoms with Gasteiger partial charge in [-0.15, -0.1) is 0 Å². The zero-order valence-electron chi connectivity index (χ0n) is 23.3. The first-order chi connectivity index (χ1) is 17.1. The average Bonchev–Trinajstić information content (AvgIpc) is 2.88. The molecule has 0 amide bonds. The van der Waals surface area contributed by atoms with E-state index < -0.39 is 18.4 Å². The molecule has 35 heavy (non-hydrogen) atoms. The molecule has 0 atom stereocenters. The number of hydrogen-bond donors (Lipinski definition) is 0. The van der Waals surface area contributed by atoms with Gasteiger partial charge in [-0.2, -0.15) is 0 Å². The van der Waals surface area contributed by atoms with Crippen LogP contribution in [0.5, 0.6) is 0 Å². The Morgan fingerprint density at radius 3 is 1.83 bits per heavy atom. The summed E-state index contributed by atoms with van der Waals surface area (Å²) in [5, 5.41) is 1.36. The molecule has 0 aliphatic carbocycles. The Kier molecular flexibility index (Phi) is 20.4. The predicted molar refractivity (Wildman–Crippen MR) is 159 cm³/mol. The summed E-state index contributed by atoms with van der Waals surface area (Å²) in [6.07, 6.45) is 16.6. The van der Waals surface area contributed by atoms with Crippen molar-refractivity contribution in [3.63, 3.8) is 0 Å². The molecule has 0 aliphatic heterocycles. The SMILES string of the molecule is C=C([CH2][Sn]([CH2]CCC)([CH2]CCC)[CH2]CCC)C(=O)OCCCCCCCCC[Se]c1ccccc1. The zero-order valence-corrected chi connectivity index (χ0v) is 27.8. The summed E-state index contributed by atoms with van der Waals surface area (Å²) in [4.78, 5) is 12.7. The van der Waals surface area contributed by atoms with Gasteiger partial charge in [0.25, 0.3) is 0 Å². The predicted octanol–water partition coefficient (Wildman–Crippen LogP) is 9.11. The van der Waals surface area contributed by atoms with Crippen LogP contribution in [-0.2, 0) is 9.53 Å². The van der Waals surface area contributed by atoms with Gasteiger partial charge < -0.3 is 0 Å². The third-order valence-corrected chi connectivity index (χ3v) is 24.9. The van der Waals surface area contributed by atoms with Crippen LogP contribution in [0.1, 0.15) is 104 Å². The van der Waals surface area contributed by atoms with E-state index in [0.717, 1.165) is 16.4 Å². The van der Waals surface area contributed by atoms with Gasteiger partial charge in [-0.25, -0.2) is 0 Å². The molecule has 0 aromatic heterocycles. The number of rotatable bonds is 23. The topological polar surface area (TPSA) is 26.3 Å². The molecular formula is C31H54O2SeSn. The van der Waals surface area contributed by atoms with Crippen LogP contribution >= 0.6 is 0 Å². The van der Waals surface area contributed by atoms with E-state index in [0.29, 0.717) is 21.6 Å². The molecule has 0 bridgehead atoms. The van der Waals surface area contributed by atoms with Gasteiger partial charge in [0.15, 0.2) is 0 Å². The summed E-state index contributed by atoms with van der Waals surface area (Å²) < 4.78 is 12.5. The first kappa shape index (κ1) is 32.8. The van der Waals surface area contributed by atoms with Crippen molar-refractivity contribution in [3.8, 4) is 0 Å². The molecule has 0 saturated heterocycles. The number of unbranched alkanes of at least 4 members (excludes halogenated alkanes) is 9. The molecule has 0 saturated carbocycles. The maximum absolute atomic E-state index is 12.7. The van der Waals surface area contributed by atoms with Gasteiger partial charge in [0.2, 0.25) is 0 Å². The van der Waals surface area contributed by atoms with Crippen LogP contribution < -0.4 is 4.46 Å². The standard InChI is InChI=1S/C19H27O2Se.3C4H9.Sn/c1-17(2)19(20)21-15-11-6-4-3-5-7-12-16-22-18-13-9-8-10-14-18;3*1-3-4-2;/h8-10,13-14H,1-7,11-12,15-16H2;3*1,3-4H2,2H3;. The quantitative estimate of drug-likeness (QED) is 0.0509. The molecule has 200 valence electrons. The van der Waals surface area contributed by atoms with Crippen LogP contribution in [0.4, 0.5) is 0 Å². The van der Waals surface area contributed by atoms with E-state index in [-0.39, 0.29) is 5.97 Å². The van der Waals surface area contributed by atoms with Crippen molar-refractivity contribution >= 4 is 43.8 Å². The summed E-state index contributed by atoms with van der Waals surface area (Å²) in [6.45, 7) is 11.7. The number of ether oxygens (including phenoxy) is 1. The van der Waals surface area contributed by atoms with E-state index in [1.807, 2.05) is 0 Å². The number of carbonyl (C=O) groups is 1. The van der Waals surface area contributed by atoms with Gasteiger partial charge >= 0.3 is 230 Å². The monoisotopic (exact) mass is 658 g/mol. The molecular weight excluding hydrogens is 602 g/mol. The van der Waals surface area contributed by atoms with Gasteiger partial charge in [-0.05, 0) is 0 Å². The van der Waals surface area contributed by atoms with Crippen molar-refractivity contribution in [2.75, 3.05) is 6.61 Å². The molecule has 4 heteroatoms. The fourth-order valence-electron chi connectivity index (χ4n) is 4.88. The van der Waals surface area contributed by atoms with Crippen LogP contribution in [0.2, 0.25) is 23.1 Å². The van der Waals surface area contributed by atoms with Crippen molar-refractivity contribution in [2.45, 2.75) is 127 Å². The molecule has 0 radical (unpaired) electrons. The van der Waals surface area contributed by atoms with Crippen LogP contribution in [0.25, 0.3) is 0 Å². The van der Waals surface area contributed by atoms with Crippen LogP contribution in [0, 0.1) is 0 Å². The Balaban J connectivity index is 2.19. The van der Waals surface area contributed by atoms with Gasteiger partial charge in [-0.3, -0.25) is 0 Å². The van der Waals surface area contributed by atoms with E-state index in [1.54, 1.807) is 0 Å². The van der Waals surface area contributed by atoms with E-state index in [9.17, 15) is 4.79 Å². The Morgan fingerprint density at radius 1 is 0.771 bits per heavy atom. The van der Waals surface area contributed by atoms with Gasteiger partial charge in [0.1, 0.15) is 0 Å². The normalized spacial score (nSPS) is 11.5. The van der Waals surface area contributed by atoms with Gasteiger partial charge in [-0.1, -0.05) is 0 Å². The first-order valence-electron chi connectivity index (χ1n) is 14.6. The Hall–Kier alpha value is -0.252. The summed E-state index contributed by atoms with van der Waals surface area (Å²) >= 11 is -1.72. The van der Waals surface area contributed by atoms with E-state index in [2.05, 4.69) is 57.7 Å². The van der Waals surface area contributed by atoms with Crippen molar-refractivity contribution in [3.05, 3.63) is 42.5 Å². The Labute approximate surface area is 228 Å². The second kappa shape index (κ2) is 21.8. The maximum atomic E-state index is 12.7. The molecule has 0 unspecified atom stereocenters. The van der Waals surface area contributed by atoms with Gasteiger partial charge in [0, 0.05) is 0 Å². The molecule has 0 aliphatic rings. The van der Waals surface area contributed by atoms with Crippen molar-refractivity contribution in [1.29, 1.82) is 0 Å². The van der Waals surface area contributed by atoms with Gasteiger partial charge in [0.05, 0.1) is 0 Å². The Morgan fingerprint density at radius 2 is 1.29 bits per heavy atom. The van der Waals surface area contributed by atoms with Crippen molar-refractivity contribution in [1.82, 2.24) is 0 Å². The third-order valence-electron chi connectivity index (χ3n) is 7.09. The molecule has 0 heterocycles.